The molecule has 3 aromatic carbocycles. The van der Waals surface area contributed by atoms with E-state index in [-0.39, 0.29) is 23.4 Å². The molecule has 0 aliphatic carbocycles. The van der Waals surface area contributed by atoms with Crippen LogP contribution in [-0.2, 0) is 11.2 Å². The van der Waals surface area contributed by atoms with Crippen LogP contribution in [0.5, 0.6) is 0 Å². The second-order valence-electron chi connectivity index (χ2n) is 8.94. The van der Waals surface area contributed by atoms with Crippen LogP contribution in [0.2, 0.25) is 0 Å². The van der Waals surface area contributed by atoms with E-state index in [0.29, 0.717) is 29.7 Å². The Hall–Kier alpha value is -2.85. The molecular formula is C30H31F3O. The van der Waals surface area contributed by atoms with Gasteiger partial charge in [0.25, 0.3) is 0 Å². The maximum absolute atomic E-state index is 15.0. The van der Waals surface area contributed by atoms with Gasteiger partial charge in [-0.1, -0.05) is 67.6 Å². The summed E-state index contributed by atoms with van der Waals surface area (Å²) in [5, 5.41) is 0. The molecule has 0 spiro atoms. The maximum Gasteiger partial charge on any atom is 0.166 e. The number of benzene rings is 3. The van der Waals surface area contributed by atoms with E-state index in [1.807, 2.05) is 31.2 Å². The highest BCUT2D eigenvalue weighted by atomic mass is 19.2. The molecule has 178 valence electrons. The SMILES string of the molecule is C/C=C/CCC1CCC(c2ccc(-c3ccc(-c4ccc(CC)c(F)c4F)cc3)cc2F)CO1. The zero-order valence-corrected chi connectivity index (χ0v) is 19.8. The van der Waals surface area contributed by atoms with Crippen molar-refractivity contribution in [3.63, 3.8) is 0 Å². The fraction of sp³-hybridized carbons (Fsp3) is 0.333. The second kappa shape index (κ2) is 11.1. The van der Waals surface area contributed by atoms with Crippen LogP contribution in [0, 0.1) is 17.5 Å². The van der Waals surface area contributed by atoms with Gasteiger partial charge in [0.05, 0.1) is 12.7 Å². The molecule has 0 bridgehead atoms. The van der Waals surface area contributed by atoms with E-state index in [4.69, 9.17) is 4.74 Å². The largest absolute Gasteiger partial charge is 0.378 e. The van der Waals surface area contributed by atoms with Gasteiger partial charge >= 0.3 is 0 Å². The first kappa shape index (κ1) is 24.3. The molecule has 3 aromatic rings. The summed E-state index contributed by atoms with van der Waals surface area (Å²) in [6.45, 7) is 4.36. The standard InChI is InChI=1S/C30H31F3O/c1-3-5-6-7-25-15-12-24(19-34-25)26-16-14-23(18-28(26)31)21-8-10-22(11-9-21)27-17-13-20(4-2)29(32)30(27)33/h3,5,8-11,13-14,16-18,24-25H,4,6-7,12,15,19H2,1-2H3/b5-3+. The Bertz CT molecular complexity index is 1140. The van der Waals surface area contributed by atoms with Crippen molar-refractivity contribution >= 4 is 0 Å². The molecule has 1 nitrogen and oxygen atoms in total. The molecule has 1 saturated heterocycles. The quantitative estimate of drug-likeness (QED) is 0.318. The van der Waals surface area contributed by atoms with Crippen LogP contribution in [0.1, 0.15) is 56.6 Å². The Morgan fingerprint density at radius 1 is 0.882 bits per heavy atom. The highest BCUT2D eigenvalue weighted by molar-refractivity contribution is 5.71. The summed E-state index contributed by atoms with van der Waals surface area (Å²) in [5.41, 5.74) is 3.44. The first-order valence-corrected chi connectivity index (χ1v) is 12.1. The van der Waals surface area contributed by atoms with E-state index in [9.17, 15) is 8.78 Å². The molecule has 0 saturated carbocycles. The molecule has 34 heavy (non-hydrogen) atoms. The lowest BCUT2D eigenvalue weighted by Crippen LogP contribution is -2.25. The van der Waals surface area contributed by atoms with Crippen LogP contribution < -0.4 is 0 Å². The molecule has 0 amide bonds. The number of hydrogen-bond donors (Lipinski definition) is 0. The molecule has 4 heteroatoms. The molecule has 1 heterocycles. The Morgan fingerprint density at radius 3 is 2.26 bits per heavy atom. The fourth-order valence-electron chi connectivity index (χ4n) is 4.69. The van der Waals surface area contributed by atoms with E-state index in [2.05, 4.69) is 12.2 Å². The van der Waals surface area contributed by atoms with Crippen LogP contribution >= 0.6 is 0 Å². The van der Waals surface area contributed by atoms with Crippen molar-refractivity contribution in [1.29, 1.82) is 0 Å². The van der Waals surface area contributed by atoms with Gasteiger partial charge in [-0.15, -0.1) is 0 Å². The van der Waals surface area contributed by atoms with Gasteiger partial charge in [-0.05, 0) is 72.9 Å². The van der Waals surface area contributed by atoms with Gasteiger partial charge in [0, 0.05) is 11.5 Å². The molecule has 0 radical (unpaired) electrons. The first-order chi connectivity index (χ1) is 16.5. The van der Waals surface area contributed by atoms with E-state index < -0.39 is 11.6 Å². The normalized spacial score (nSPS) is 18.5. The molecule has 4 rings (SSSR count). The number of rotatable bonds is 7. The number of allylic oxidation sites excluding steroid dienone is 2. The summed E-state index contributed by atoms with van der Waals surface area (Å²) in [6.07, 6.45) is 8.78. The highest BCUT2D eigenvalue weighted by Gasteiger charge is 2.24. The van der Waals surface area contributed by atoms with Crippen molar-refractivity contribution in [3.8, 4) is 22.3 Å². The summed E-state index contributed by atoms with van der Waals surface area (Å²) in [6, 6.07) is 15.7. The molecule has 0 aromatic heterocycles. The lowest BCUT2D eigenvalue weighted by molar-refractivity contribution is -0.000797. The van der Waals surface area contributed by atoms with Gasteiger partial charge in [0.2, 0.25) is 0 Å². The number of halogens is 3. The summed E-state index contributed by atoms with van der Waals surface area (Å²) in [7, 11) is 0. The van der Waals surface area contributed by atoms with Crippen molar-refractivity contribution in [2.75, 3.05) is 6.61 Å². The predicted molar refractivity (Wildman–Crippen MR) is 132 cm³/mol. The van der Waals surface area contributed by atoms with Crippen LogP contribution in [0.3, 0.4) is 0 Å². The van der Waals surface area contributed by atoms with Gasteiger partial charge in [0.15, 0.2) is 11.6 Å². The Labute approximate surface area is 200 Å². The molecule has 2 unspecified atom stereocenters. The van der Waals surface area contributed by atoms with E-state index in [1.54, 1.807) is 37.3 Å². The zero-order valence-electron chi connectivity index (χ0n) is 19.8. The zero-order chi connectivity index (χ0) is 24.1. The topological polar surface area (TPSA) is 9.23 Å². The Kier molecular flexibility index (Phi) is 7.89. The molecule has 1 fully saturated rings. The van der Waals surface area contributed by atoms with Crippen molar-refractivity contribution < 1.29 is 17.9 Å². The lowest BCUT2D eigenvalue weighted by Gasteiger charge is -2.29. The Balaban J connectivity index is 1.46. The van der Waals surface area contributed by atoms with Gasteiger partial charge in [-0.25, -0.2) is 13.2 Å². The minimum atomic E-state index is -0.832. The Morgan fingerprint density at radius 2 is 1.62 bits per heavy atom. The van der Waals surface area contributed by atoms with Crippen LogP contribution in [0.15, 0.2) is 66.7 Å². The molecule has 1 aliphatic heterocycles. The van der Waals surface area contributed by atoms with Crippen LogP contribution in [0.25, 0.3) is 22.3 Å². The minimum absolute atomic E-state index is 0.0679. The predicted octanol–water partition coefficient (Wildman–Crippen LogP) is 8.62. The fourth-order valence-corrected chi connectivity index (χ4v) is 4.69. The molecule has 2 atom stereocenters. The monoisotopic (exact) mass is 464 g/mol. The minimum Gasteiger partial charge on any atom is -0.378 e. The third-order valence-corrected chi connectivity index (χ3v) is 6.77. The third kappa shape index (κ3) is 5.28. The summed E-state index contributed by atoms with van der Waals surface area (Å²) < 4.78 is 49.7. The van der Waals surface area contributed by atoms with Crippen molar-refractivity contribution in [2.24, 2.45) is 0 Å². The molecular weight excluding hydrogens is 433 g/mol. The van der Waals surface area contributed by atoms with Crippen LogP contribution in [0.4, 0.5) is 13.2 Å². The summed E-state index contributed by atoms with van der Waals surface area (Å²) >= 11 is 0. The second-order valence-corrected chi connectivity index (χ2v) is 8.94. The number of hydrogen-bond acceptors (Lipinski definition) is 1. The van der Waals surface area contributed by atoms with Crippen LogP contribution in [-0.4, -0.2) is 12.7 Å². The van der Waals surface area contributed by atoms with Gasteiger partial charge in [0.1, 0.15) is 5.82 Å². The first-order valence-electron chi connectivity index (χ1n) is 12.1. The third-order valence-electron chi connectivity index (χ3n) is 6.77. The highest BCUT2D eigenvalue weighted by Crippen LogP contribution is 2.34. The van der Waals surface area contributed by atoms with Crippen molar-refractivity contribution in [3.05, 3.63) is 95.3 Å². The van der Waals surface area contributed by atoms with Crippen molar-refractivity contribution in [1.82, 2.24) is 0 Å². The van der Waals surface area contributed by atoms with Gasteiger partial charge in [-0.2, -0.15) is 0 Å². The summed E-state index contributed by atoms with van der Waals surface area (Å²) in [5.74, 6) is -1.79. The maximum atomic E-state index is 15.0. The average molecular weight is 465 g/mol. The lowest BCUT2D eigenvalue weighted by atomic mass is 9.88. The molecule has 0 N–H and O–H groups in total. The van der Waals surface area contributed by atoms with Crippen molar-refractivity contribution in [2.45, 2.75) is 58.0 Å². The van der Waals surface area contributed by atoms with Gasteiger partial charge < -0.3 is 4.74 Å². The van der Waals surface area contributed by atoms with E-state index in [1.165, 1.54) is 0 Å². The number of ether oxygens (including phenoxy) is 1. The van der Waals surface area contributed by atoms with E-state index >= 15 is 4.39 Å². The van der Waals surface area contributed by atoms with E-state index in [0.717, 1.165) is 36.8 Å². The number of aryl methyl sites for hydroxylation is 1. The molecule has 1 aliphatic rings. The average Bonchev–Trinajstić information content (AvgIpc) is 2.86. The smallest absolute Gasteiger partial charge is 0.166 e. The van der Waals surface area contributed by atoms with Gasteiger partial charge in [-0.3, -0.25) is 0 Å². The summed E-state index contributed by atoms with van der Waals surface area (Å²) in [4.78, 5) is 0.